The second-order valence-electron chi connectivity index (χ2n) is 1.96. The third-order valence-corrected chi connectivity index (χ3v) is 2.62. The van der Waals surface area contributed by atoms with E-state index in [4.69, 9.17) is 5.73 Å². The first-order valence-corrected chi connectivity index (χ1v) is 4.22. The highest BCUT2D eigenvalue weighted by Crippen LogP contribution is 2.22. The first-order valence-electron chi connectivity index (χ1n) is 2.88. The number of carbonyl (C=O) groups is 1. The molecule has 1 aromatic heterocycles. The lowest BCUT2D eigenvalue weighted by Gasteiger charge is -1.97. The van der Waals surface area contributed by atoms with Crippen LogP contribution in [0.1, 0.15) is 15.3 Å². The molecule has 0 aliphatic heterocycles. The van der Waals surface area contributed by atoms with Gasteiger partial charge in [0.1, 0.15) is 15.3 Å². The van der Waals surface area contributed by atoms with Crippen LogP contribution in [0, 0.1) is 6.92 Å². The molecule has 0 aromatic carbocycles. The standard InChI is InChI=1S/C5H7N3OS2/c1-2-7-8-5(11-2)3(10)4(6)9/h3,10H,1H3,(H2,6,9). The molecule has 11 heavy (non-hydrogen) atoms. The van der Waals surface area contributed by atoms with Crippen molar-refractivity contribution in [1.29, 1.82) is 0 Å². The van der Waals surface area contributed by atoms with E-state index in [2.05, 4.69) is 22.8 Å². The van der Waals surface area contributed by atoms with Crippen molar-refractivity contribution in [1.82, 2.24) is 10.2 Å². The van der Waals surface area contributed by atoms with Gasteiger partial charge in [0.05, 0.1) is 0 Å². The Morgan fingerprint density at radius 3 is 2.73 bits per heavy atom. The number of aromatic nitrogens is 2. The SMILES string of the molecule is Cc1nnc(C(S)C(N)=O)s1. The average Bonchev–Trinajstić information content (AvgIpc) is 2.34. The van der Waals surface area contributed by atoms with Gasteiger partial charge in [-0.2, -0.15) is 12.6 Å². The Morgan fingerprint density at radius 1 is 1.73 bits per heavy atom. The van der Waals surface area contributed by atoms with Crippen molar-refractivity contribution in [2.24, 2.45) is 5.73 Å². The molecule has 1 amide bonds. The van der Waals surface area contributed by atoms with Crippen molar-refractivity contribution in [3.63, 3.8) is 0 Å². The fraction of sp³-hybridized carbons (Fsp3) is 0.400. The number of nitrogens with zero attached hydrogens (tertiary/aromatic N) is 2. The van der Waals surface area contributed by atoms with Crippen LogP contribution in [0.15, 0.2) is 0 Å². The van der Waals surface area contributed by atoms with Gasteiger partial charge in [0.25, 0.3) is 0 Å². The van der Waals surface area contributed by atoms with Crippen molar-refractivity contribution in [2.75, 3.05) is 0 Å². The number of thiol groups is 1. The molecule has 1 unspecified atom stereocenters. The topological polar surface area (TPSA) is 68.9 Å². The average molecular weight is 189 g/mol. The molecule has 1 rings (SSSR count). The summed E-state index contributed by atoms with van der Waals surface area (Å²) in [6, 6.07) is 0. The molecular formula is C5H7N3OS2. The quantitative estimate of drug-likeness (QED) is 0.657. The van der Waals surface area contributed by atoms with Gasteiger partial charge >= 0.3 is 0 Å². The van der Waals surface area contributed by atoms with Crippen molar-refractivity contribution < 1.29 is 4.79 Å². The lowest BCUT2D eigenvalue weighted by atomic mass is 10.4. The predicted molar refractivity (Wildman–Crippen MR) is 45.6 cm³/mol. The minimum absolute atomic E-state index is 0.496. The van der Waals surface area contributed by atoms with Gasteiger partial charge in [0.2, 0.25) is 5.91 Å². The molecule has 60 valence electrons. The minimum Gasteiger partial charge on any atom is -0.368 e. The number of aryl methyl sites for hydroxylation is 1. The molecule has 0 saturated heterocycles. The maximum atomic E-state index is 10.6. The number of rotatable bonds is 2. The lowest BCUT2D eigenvalue weighted by molar-refractivity contribution is -0.117. The van der Waals surface area contributed by atoms with Crippen LogP contribution in [-0.4, -0.2) is 16.1 Å². The van der Waals surface area contributed by atoms with Crippen molar-refractivity contribution >= 4 is 29.9 Å². The Labute approximate surface area is 73.2 Å². The van der Waals surface area contributed by atoms with Crippen LogP contribution in [0.3, 0.4) is 0 Å². The van der Waals surface area contributed by atoms with E-state index < -0.39 is 11.2 Å². The fourth-order valence-electron chi connectivity index (χ4n) is 0.544. The van der Waals surface area contributed by atoms with E-state index in [-0.39, 0.29) is 0 Å². The molecule has 4 nitrogen and oxygen atoms in total. The van der Waals surface area contributed by atoms with Crippen LogP contribution < -0.4 is 5.73 Å². The van der Waals surface area contributed by atoms with Gasteiger partial charge in [-0.3, -0.25) is 4.79 Å². The molecule has 2 N–H and O–H groups in total. The number of amides is 1. The van der Waals surface area contributed by atoms with Crippen molar-refractivity contribution in [2.45, 2.75) is 12.2 Å². The van der Waals surface area contributed by atoms with Crippen molar-refractivity contribution in [3.05, 3.63) is 10.0 Å². The van der Waals surface area contributed by atoms with Crippen LogP contribution in [0.2, 0.25) is 0 Å². The molecular weight excluding hydrogens is 182 g/mol. The molecule has 1 atom stereocenters. The van der Waals surface area contributed by atoms with Gasteiger partial charge in [0, 0.05) is 0 Å². The summed E-state index contributed by atoms with van der Waals surface area (Å²) in [6.45, 7) is 1.81. The first kappa shape index (κ1) is 8.48. The monoisotopic (exact) mass is 189 g/mol. The molecule has 0 radical (unpaired) electrons. The highest BCUT2D eigenvalue weighted by Gasteiger charge is 2.16. The normalized spacial score (nSPS) is 12.9. The van der Waals surface area contributed by atoms with Gasteiger partial charge in [-0.1, -0.05) is 0 Å². The maximum Gasteiger partial charge on any atom is 0.237 e. The summed E-state index contributed by atoms with van der Waals surface area (Å²) in [6.07, 6.45) is 0. The Hall–Kier alpha value is -0.620. The third kappa shape index (κ3) is 1.90. The zero-order valence-electron chi connectivity index (χ0n) is 5.81. The molecule has 0 saturated carbocycles. The Morgan fingerprint density at radius 2 is 2.36 bits per heavy atom. The number of carbonyl (C=O) groups excluding carboxylic acids is 1. The van der Waals surface area contributed by atoms with Gasteiger partial charge in [0.15, 0.2) is 0 Å². The summed E-state index contributed by atoms with van der Waals surface area (Å²) in [5, 5.41) is 8.20. The van der Waals surface area contributed by atoms with E-state index in [1.165, 1.54) is 11.3 Å². The van der Waals surface area contributed by atoms with E-state index >= 15 is 0 Å². The molecule has 0 spiro atoms. The second-order valence-corrected chi connectivity index (χ2v) is 3.69. The molecule has 1 heterocycles. The fourth-order valence-corrected chi connectivity index (χ4v) is 1.45. The van der Waals surface area contributed by atoms with E-state index in [1.54, 1.807) is 0 Å². The summed E-state index contributed by atoms with van der Waals surface area (Å²) in [4.78, 5) is 10.6. The molecule has 0 bridgehead atoms. The molecule has 0 aliphatic carbocycles. The van der Waals surface area contributed by atoms with Crippen LogP contribution in [-0.2, 0) is 4.79 Å². The smallest absolute Gasteiger partial charge is 0.237 e. The highest BCUT2D eigenvalue weighted by atomic mass is 32.1. The summed E-state index contributed by atoms with van der Waals surface area (Å²) in [5.74, 6) is -0.496. The largest absolute Gasteiger partial charge is 0.368 e. The predicted octanol–water partition coefficient (Wildman–Crippen LogP) is 0.303. The second kappa shape index (κ2) is 3.19. The summed E-state index contributed by atoms with van der Waals surface area (Å²) >= 11 is 5.29. The van der Waals surface area contributed by atoms with Crippen LogP contribution in [0.4, 0.5) is 0 Å². The number of hydrogen-bond donors (Lipinski definition) is 2. The summed E-state index contributed by atoms with van der Waals surface area (Å²) < 4.78 is 0. The Balaban J connectivity index is 2.84. The minimum atomic E-state index is -0.624. The molecule has 0 fully saturated rings. The van der Waals surface area contributed by atoms with Crippen molar-refractivity contribution in [3.8, 4) is 0 Å². The van der Waals surface area contributed by atoms with Gasteiger partial charge in [-0.15, -0.1) is 21.5 Å². The molecule has 6 heteroatoms. The van der Waals surface area contributed by atoms with E-state index in [1.807, 2.05) is 6.92 Å². The number of nitrogens with two attached hydrogens (primary N) is 1. The zero-order chi connectivity index (χ0) is 8.43. The lowest BCUT2D eigenvalue weighted by Crippen LogP contribution is -2.16. The van der Waals surface area contributed by atoms with Gasteiger partial charge in [-0.25, -0.2) is 0 Å². The van der Waals surface area contributed by atoms with E-state index in [9.17, 15) is 4.79 Å². The van der Waals surface area contributed by atoms with Crippen LogP contribution in [0.25, 0.3) is 0 Å². The van der Waals surface area contributed by atoms with E-state index in [0.29, 0.717) is 5.01 Å². The van der Waals surface area contributed by atoms with Crippen LogP contribution in [0.5, 0.6) is 0 Å². The Kier molecular flexibility index (Phi) is 2.45. The number of hydrogen-bond acceptors (Lipinski definition) is 5. The van der Waals surface area contributed by atoms with Crippen LogP contribution >= 0.6 is 24.0 Å². The number of primary amides is 1. The summed E-state index contributed by atoms with van der Waals surface area (Å²) in [5.41, 5.74) is 5.00. The molecule has 0 aliphatic rings. The zero-order valence-corrected chi connectivity index (χ0v) is 7.52. The maximum absolute atomic E-state index is 10.6. The van der Waals surface area contributed by atoms with Gasteiger partial charge in [-0.05, 0) is 6.92 Å². The Bertz CT molecular complexity index is 272. The molecule has 1 aromatic rings. The summed E-state index contributed by atoms with van der Waals surface area (Å²) in [7, 11) is 0. The van der Waals surface area contributed by atoms with Gasteiger partial charge < -0.3 is 5.73 Å². The van der Waals surface area contributed by atoms with E-state index in [0.717, 1.165) is 5.01 Å². The third-order valence-electron chi connectivity index (χ3n) is 1.05. The highest BCUT2D eigenvalue weighted by molar-refractivity contribution is 7.81. The first-order chi connectivity index (χ1) is 5.11.